The zero-order valence-corrected chi connectivity index (χ0v) is 13.8. The van der Waals surface area contributed by atoms with Gasteiger partial charge in [0.2, 0.25) is 0 Å². The van der Waals surface area contributed by atoms with E-state index in [2.05, 4.69) is 16.8 Å². The van der Waals surface area contributed by atoms with E-state index in [1.54, 1.807) is 0 Å². The maximum absolute atomic E-state index is 12.1. The summed E-state index contributed by atoms with van der Waals surface area (Å²) in [6, 6.07) is 1.31. The number of aliphatic carboxylic acids is 2. The second kappa shape index (κ2) is 8.52. The number of carbonyl (C=O) groups excluding carboxylic acids is 1. The monoisotopic (exact) mass is 327 g/mol. The van der Waals surface area contributed by atoms with E-state index in [0.29, 0.717) is 24.2 Å². The molecule has 8 nitrogen and oxygen atoms in total. The molecule has 23 heavy (non-hydrogen) atoms. The minimum Gasteiger partial charge on any atom is -0.478 e. The molecule has 2 bridgehead atoms. The van der Waals surface area contributed by atoms with E-state index in [9.17, 15) is 14.4 Å². The molecule has 2 saturated heterocycles. The van der Waals surface area contributed by atoms with E-state index in [4.69, 9.17) is 10.2 Å². The van der Waals surface area contributed by atoms with Crippen molar-refractivity contribution in [2.24, 2.45) is 0 Å². The minimum atomic E-state index is -1.26. The molecule has 130 valence electrons. The van der Waals surface area contributed by atoms with Crippen molar-refractivity contribution in [3.05, 3.63) is 12.2 Å². The van der Waals surface area contributed by atoms with Gasteiger partial charge in [0.1, 0.15) is 0 Å². The standard InChI is InChI=1S/C11H21N3O.C4H4O4/c1-4-13(5-2)11(15)14-8-9-6-10(14)7-12(9)3;5-3(6)1-2-4(7)8/h9-10H,4-8H2,1-3H3;1-2H,(H,5,6)(H,7,8)/b;2-1-. The van der Waals surface area contributed by atoms with Crippen molar-refractivity contribution in [2.75, 3.05) is 33.2 Å². The first kappa shape index (κ1) is 19.0. The second-order valence-electron chi connectivity index (χ2n) is 5.60. The lowest BCUT2D eigenvalue weighted by molar-refractivity contribution is -0.134. The summed E-state index contributed by atoms with van der Waals surface area (Å²) < 4.78 is 0. The second-order valence-corrected chi connectivity index (χ2v) is 5.60. The summed E-state index contributed by atoms with van der Waals surface area (Å²) in [6.45, 7) is 7.70. The molecule has 2 aliphatic rings. The number of carbonyl (C=O) groups is 3. The summed E-state index contributed by atoms with van der Waals surface area (Å²) in [7, 11) is 2.16. The van der Waals surface area contributed by atoms with Gasteiger partial charge in [-0.2, -0.15) is 0 Å². The molecule has 2 aliphatic heterocycles. The number of rotatable bonds is 4. The van der Waals surface area contributed by atoms with Gasteiger partial charge in [0, 0.05) is 50.4 Å². The average Bonchev–Trinajstić information content (AvgIpc) is 3.06. The first-order valence-corrected chi connectivity index (χ1v) is 7.69. The number of amides is 2. The van der Waals surface area contributed by atoms with Gasteiger partial charge in [-0.05, 0) is 27.3 Å². The van der Waals surface area contributed by atoms with Crippen molar-refractivity contribution < 1.29 is 24.6 Å². The number of fused-ring (bicyclic) bond motifs is 2. The van der Waals surface area contributed by atoms with Crippen LogP contribution in [0.5, 0.6) is 0 Å². The first-order chi connectivity index (χ1) is 10.8. The Hall–Kier alpha value is -2.09. The summed E-state index contributed by atoms with van der Waals surface area (Å²) in [4.78, 5) is 37.6. The van der Waals surface area contributed by atoms with Crippen molar-refractivity contribution in [1.82, 2.24) is 14.7 Å². The van der Waals surface area contributed by atoms with Crippen molar-refractivity contribution >= 4 is 18.0 Å². The van der Waals surface area contributed by atoms with Crippen LogP contribution >= 0.6 is 0 Å². The zero-order valence-electron chi connectivity index (χ0n) is 13.8. The molecule has 2 amide bonds. The Morgan fingerprint density at radius 2 is 1.57 bits per heavy atom. The normalized spacial score (nSPS) is 22.8. The zero-order chi connectivity index (χ0) is 17.6. The lowest BCUT2D eigenvalue weighted by atomic mass is 10.2. The van der Waals surface area contributed by atoms with Crippen molar-refractivity contribution in [3.8, 4) is 0 Å². The highest BCUT2D eigenvalue weighted by Gasteiger charge is 2.44. The van der Waals surface area contributed by atoms with Gasteiger partial charge in [-0.3, -0.25) is 4.90 Å². The third kappa shape index (κ3) is 5.24. The Bertz CT molecular complexity index is 458. The minimum absolute atomic E-state index is 0.237. The van der Waals surface area contributed by atoms with E-state index >= 15 is 0 Å². The number of nitrogens with zero attached hydrogens (tertiary/aromatic N) is 3. The van der Waals surface area contributed by atoms with Crippen molar-refractivity contribution in [3.63, 3.8) is 0 Å². The van der Waals surface area contributed by atoms with Gasteiger partial charge in [-0.15, -0.1) is 0 Å². The van der Waals surface area contributed by atoms with Crippen LogP contribution in [-0.2, 0) is 9.59 Å². The fourth-order valence-electron chi connectivity index (χ4n) is 2.92. The molecule has 0 aromatic rings. The van der Waals surface area contributed by atoms with Gasteiger partial charge < -0.3 is 20.0 Å². The maximum atomic E-state index is 12.1. The summed E-state index contributed by atoms with van der Waals surface area (Å²) >= 11 is 0. The summed E-state index contributed by atoms with van der Waals surface area (Å²) in [5.41, 5.74) is 0. The predicted octanol–water partition coefficient (Wildman–Crippen LogP) is 0.548. The number of hydrogen-bond acceptors (Lipinski definition) is 4. The van der Waals surface area contributed by atoms with E-state index in [1.807, 2.05) is 18.7 Å². The summed E-state index contributed by atoms with van der Waals surface area (Å²) in [5, 5.41) is 15.6. The third-order valence-electron chi connectivity index (χ3n) is 4.16. The molecule has 2 unspecified atom stereocenters. The summed E-state index contributed by atoms with van der Waals surface area (Å²) in [6.07, 6.45) is 2.29. The number of hydrogen-bond donors (Lipinski definition) is 2. The third-order valence-corrected chi connectivity index (χ3v) is 4.16. The maximum Gasteiger partial charge on any atom is 0.328 e. The first-order valence-electron chi connectivity index (χ1n) is 7.69. The Labute approximate surface area is 136 Å². The van der Waals surface area contributed by atoms with Gasteiger partial charge >= 0.3 is 18.0 Å². The van der Waals surface area contributed by atoms with Crippen LogP contribution in [-0.4, -0.2) is 88.2 Å². The predicted molar refractivity (Wildman–Crippen MR) is 84.3 cm³/mol. The van der Waals surface area contributed by atoms with Crippen molar-refractivity contribution in [1.29, 1.82) is 0 Å². The van der Waals surface area contributed by atoms with Crippen LogP contribution in [0.3, 0.4) is 0 Å². The van der Waals surface area contributed by atoms with Gasteiger partial charge in [-0.25, -0.2) is 14.4 Å². The molecular formula is C15H25N3O5. The molecule has 2 rings (SSSR count). The van der Waals surface area contributed by atoms with E-state index in [-0.39, 0.29) is 6.03 Å². The van der Waals surface area contributed by atoms with Crippen LogP contribution in [0.2, 0.25) is 0 Å². The van der Waals surface area contributed by atoms with Gasteiger partial charge in [-0.1, -0.05) is 0 Å². The lowest BCUT2D eigenvalue weighted by Crippen LogP contribution is -2.52. The van der Waals surface area contributed by atoms with Crippen LogP contribution in [0, 0.1) is 0 Å². The number of carboxylic acid groups (broad SMARTS) is 2. The van der Waals surface area contributed by atoms with Crippen LogP contribution in [0.25, 0.3) is 0 Å². The van der Waals surface area contributed by atoms with E-state index in [0.717, 1.165) is 26.2 Å². The van der Waals surface area contributed by atoms with Gasteiger partial charge in [0.15, 0.2) is 0 Å². The van der Waals surface area contributed by atoms with Crippen LogP contribution in [0.15, 0.2) is 12.2 Å². The lowest BCUT2D eigenvalue weighted by Gasteiger charge is -2.35. The molecule has 0 aromatic heterocycles. The largest absolute Gasteiger partial charge is 0.478 e. The molecule has 2 heterocycles. The number of urea groups is 1. The molecule has 2 atom stereocenters. The molecule has 0 aliphatic carbocycles. The Morgan fingerprint density at radius 1 is 1.04 bits per heavy atom. The fourth-order valence-corrected chi connectivity index (χ4v) is 2.92. The van der Waals surface area contributed by atoms with E-state index < -0.39 is 11.9 Å². The molecule has 0 aromatic carbocycles. The Kier molecular flexibility index (Phi) is 7.02. The Balaban J connectivity index is 0.000000284. The molecule has 2 fully saturated rings. The fraction of sp³-hybridized carbons (Fsp3) is 0.667. The highest BCUT2D eigenvalue weighted by molar-refractivity contribution is 5.89. The molecule has 0 spiro atoms. The van der Waals surface area contributed by atoms with E-state index in [1.165, 1.54) is 6.42 Å². The number of likely N-dealkylation sites (tertiary alicyclic amines) is 2. The summed E-state index contributed by atoms with van der Waals surface area (Å²) in [5.74, 6) is -2.51. The average molecular weight is 327 g/mol. The smallest absolute Gasteiger partial charge is 0.328 e. The van der Waals surface area contributed by atoms with Gasteiger partial charge in [0.05, 0.1) is 0 Å². The number of carboxylic acids is 2. The topological polar surface area (TPSA) is 101 Å². The van der Waals surface area contributed by atoms with Crippen LogP contribution in [0.4, 0.5) is 4.79 Å². The highest BCUT2D eigenvalue weighted by atomic mass is 16.4. The molecule has 0 saturated carbocycles. The van der Waals surface area contributed by atoms with Gasteiger partial charge in [0.25, 0.3) is 0 Å². The SMILES string of the molecule is CCN(CC)C(=O)N1CC2CC1CN2C.O=C(O)/C=C\C(=O)O. The molecular weight excluding hydrogens is 302 g/mol. The molecule has 8 heteroatoms. The Morgan fingerprint density at radius 3 is 1.87 bits per heavy atom. The van der Waals surface area contributed by atoms with Crippen LogP contribution < -0.4 is 0 Å². The molecule has 2 N–H and O–H groups in total. The highest BCUT2D eigenvalue weighted by Crippen LogP contribution is 2.29. The number of piperazine rings is 1. The van der Waals surface area contributed by atoms with Crippen molar-refractivity contribution in [2.45, 2.75) is 32.4 Å². The van der Waals surface area contributed by atoms with Crippen LogP contribution in [0.1, 0.15) is 20.3 Å². The number of likely N-dealkylation sites (N-methyl/N-ethyl adjacent to an activating group) is 1. The molecule has 0 radical (unpaired) electrons. The quantitative estimate of drug-likeness (QED) is 0.731.